The van der Waals surface area contributed by atoms with Gasteiger partial charge in [0.2, 0.25) is 0 Å². The van der Waals surface area contributed by atoms with Crippen LogP contribution in [0.2, 0.25) is 0 Å². The van der Waals surface area contributed by atoms with Crippen LogP contribution in [0.25, 0.3) is 0 Å². The summed E-state index contributed by atoms with van der Waals surface area (Å²) in [5.74, 6) is -4.02. The van der Waals surface area contributed by atoms with Crippen molar-refractivity contribution < 1.29 is 44.0 Å². The largest absolute Gasteiger partial charge is 0.481 e. The molecular formula is C20H28O9. The molecule has 162 valence electrons. The average molecular weight is 412 g/mol. The fraction of sp³-hybridized carbons (Fsp3) is 0.600. The zero-order valence-corrected chi connectivity index (χ0v) is 16.2. The first-order chi connectivity index (χ1) is 13.7. The number of hydrogen-bond acceptors (Lipinski definition) is 5. The molecule has 4 N–H and O–H groups in total. The predicted molar refractivity (Wildman–Crippen MR) is 101 cm³/mol. The molecule has 0 aliphatic heterocycles. The summed E-state index contributed by atoms with van der Waals surface area (Å²) >= 11 is 0. The van der Waals surface area contributed by atoms with Crippen molar-refractivity contribution in [3.05, 3.63) is 23.7 Å². The fourth-order valence-electron chi connectivity index (χ4n) is 3.11. The maximum Gasteiger partial charge on any atom is 0.306 e. The lowest BCUT2D eigenvalue weighted by Crippen LogP contribution is -2.15. The van der Waals surface area contributed by atoms with Gasteiger partial charge < -0.3 is 24.8 Å². The summed E-state index contributed by atoms with van der Waals surface area (Å²) in [4.78, 5) is 43.5. The first-order valence-electron chi connectivity index (χ1n) is 9.65. The van der Waals surface area contributed by atoms with E-state index in [1.165, 1.54) is 0 Å². The highest BCUT2D eigenvalue weighted by molar-refractivity contribution is 5.72. The maximum absolute atomic E-state index is 11.2. The van der Waals surface area contributed by atoms with E-state index in [0.717, 1.165) is 0 Å². The third-order valence-corrected chi connectivity index (χ3v) is 4.78. The second-order valence-corrected chi connectivity index (χ2v) is 7.09. The van der Waals surface area contributed by atoms with Crippen molar-refractivity contribution in [2.24, 2.45) is 11.8 Å². The summed E-state index contributed by atoms with van der Waals surface area (Å²) in [5, 5.41) is 35.6. The SMILES string of the molecule is O=C(O)CCC(CCCc1ccc(CCCC(CCC(=O)O)C(=O)O)o1)C(=O)O. The van der Waals surface area contributed by atoms with Gasteiger partial charge in [-0.3, -0.25) is 19.2 Å². The summed E-state index contributed by atoms with van der Waals surface area (Å²) in [6.45, 7) is 0. The topological polar surface area (TPSA) is 162 Å². The third kappa shape index (κ3) is 10.3. The quantitative estimate of drug-likeness (QED) is 0.319. The number of aliphatic carboxylic acids is 4. The van der Waals surface area contributed by atoms with E-state index < -0.39 is 35.7 Å². The van der Waals surface area contributed by atoms with Crippen LogP contribution in [0, 0.1) is 11.8 Å². The second kappa shape index (κ2) is 12.6. The van der Waals surface area contributed by atoms with Crippen molar-refractivity contribution in [1.29, 1.82) is 0 Å². The first-order valence-corrected chi connectivity index (χ1v) is 9.65. The van der Waals surface area contributed by atoms with E-state index in [1.54, 1.807) is 12.1 Å². The Hall–Kier alpha value is -2.84. The second-order valence-electron chi connectivity index (χ2n) is 7.09. The molecule has 0 aliphatic rings. The Morgan fingerprint density at radius 3 is 1.38 bits per heavy atom. The Labute approximate surface area is 168 Å². The van der Waals surface area contributed by atoms with Gasteiger partial charge in [0.1, 0.15) is 11.5 Å². The minimum absolute atomic E-state index is 0.0979. The fourth-order valence-corrected chi connectivity index (χ4v) is 3.11. The smallest absolute Gasteiger partial charge is 0.306 e. The normalized spacial score (nSPS) is 13.0. The van der Waals surface area contributed by atoms with E-state index in [-0.39, 0.29) is 25.7 Å². The Balaban J connectivity index is 2.38. The van der Waals surface area contributed by atoms with Gasteiger partial charge in [-0.05, 0) is 50.7 Å². The van der Waals surface area contributed by atoms with Crippen molar-refractivity contribution in [3.8, 4) is 0 Å². The van der Waals surface area contributed by atoms with Crippen LogP contribution in [-0.4, -0.2) is 44.3 Å². The lowest BCUT2D eigenvalue weighted by molar-refractivity contribution is -0.145. The van der Waals surface area contributed by atoms with Crippen molar-refractivity contribution in [1.82, 2.24) is 0 Å². The summed E-state index contributed by atoms with van der Waals surface area (Å²) < 4.78 is 5.68. The highest BCUT2D eigenvalue weighted by Crippen LogP contribution is 2.20. The van der Waals surface area contributed by atoms with E-state index in [9.17, 15) is 19.2 Å². The zero-order valence-electron chi connectivity index (χ0n) is 16.2. The molecule has 0 spiro atoms. The molecule has 9 heteroatoms. The molecule has 9 nitrogen and oxygen atoms in total. The van der Waals surface area contributed by atoms with Gasteiger partial charge in [-0.25, -0.2) is 0 Å². The maximum atomic E-state index is 11.2. The van der Waals surface area contributed by atoms with Crippen molar-refractivity contribution >= 4 is 23.9 Å². The molecule has 0 saturated carbocycles. The van der Waals surface area contributed by atoms with Gasteiger partial charge in [0.05, 0.1) is 11.8 Å². The van der Waals surface area contributed by atoms with Gasteiger partial charge in [0, 0.05) is 25.7 Å². The molecule has 0 aliphatic carbocycles. The zero-order chi connectivity index (χ0) is 21.8. The minimum Gasteiger partial charge on any atom is -0.481 e. The predicted octanol–water partition coefficient (Wildman–Crippen LogP) is 3.06. The summed E-state index contributed by atoms with van der Waals surface area (Å²) in [6.07, 6.45) is 2.75. The number of rotatable bonds is 16. The van der Waals surface area contributed by atoms with Crippen LogP contribution in [-0.2, 0) is 32.0 Å². The minimum atomic E-state index is -1.01. The number of aryl methyl sites for hydroxylation is 2. The van der Waals surface area contributed by atoms with E-state index >= 15 is 0 Å². The molecule has 0 saturated heterocycles. The summed E-state index contributed by atoms with van der Waals surface area (Å²) in [6, 6.07) is 3.59. The van der Waals surface area contributed by atoms with Crippen LogP contribution >= 0.6 is 0 Å². The van der Waals surface area contributed by atoms with Gasteiger partial charge in [-0.2, -0.15) is 0 Å². The molecule has 0 fully saturated rings. The molecule has 0 aromatic carbocycles. The molecule has 29 heavy (non-hydrogen) atoms. The molecule has 0 radical (unpaired) electrons. The van der Waals surface area contributed by atoms with Gasteiger partial charge >= 0.3 is 23.9 Å². The van der Waals surface area contributed by atoms with E-state index in [2.05, 4.69) is 0 Å². The molecule has 2 atom stereocenters. The molecule has 1 rings (SSSR count). The number of furan rings is 1. The Kier molecular flexibility index (Phi) is 10.5. The highest BCUT2D eigenvalue weighted by Gasteiger charge is 2.20. The van der Waals surface area contributed by atoms with Crippen LogP contribution < -0.4 is 0 Å². The summed E-state index contributed by atoms with van der Waals surface area (Å²) in [7, 11) is 0. The molecule has 0 bridgehead atoms. The lowest BCUT2D eigenvalue weighted by atomic mass is 9.96. The molecular weight excluding hydrogens is 384 g/mol. The van der Waals surface area contributed by atoms with Crippen molar-refractivity contribution in [2.75, 3.05) is 0 Å². The van der Waals surface area contributed by atoms with Crippen molar-refractivity contribution in [2.45, 2.75) is 64.2 Å². The van der Waals surface area contributed by atoms with E-state index in [1.807, 2.05) is 0 Å². The van der Waals surface area contributed by atoms with Crippen LogP contribution in [0.15, 0.2) is 16.5 Å². The van der Waals surface area contributed by atoms with Crippen LogP contribution in [0.4, 0.5) is 0 Å². The average Bonchev–Trinajstić information content (AvgIpc) is 3.07. The molecule has 1 aromatic rings. The van der Waals surface area contributed by atoms with Crippen molar-refractivity contribution in [3.63, 3.8) is 0 Å². The lowest BCUT2D eigenvalue weighted by Gasteiger charge is -2.10. The summed E-state index contributed by atoms with van der Waals surface area (Å²) in [5.41, 5.74) is 0. The standard InChI is InChI=1S/C20H28O9/c21-17(22)11-7-13(19(25)26)3-1-5-15-9-10-16(29-15)6-2-4-14(20(27)28)8-12-18(23)24/h9-10,13-14H,1-8,11-12H2,(H,21,22)(H,23,24)(H,25,26)(H,27,28). The molecule has 2 unspecified atom stereocenters. The molecule has 1 heterocycles. The monoisotopic (exact) mass is 412 g/mol. The van der Waals surface area contributed by atoms with Gasteiger partial charge in [0.15, 0.2) is 0 Å². The van der Waals surface area contributed by atoms with Gasteiger partial charge in [0.25, 0.3) is 0 Å². The first kappa shape index (κ1) is 24.2. The van der Waals surface area contributed by atoms with Gasteiger partial charge in [-0.1, -0.05) is 0 Å². The van der Waals surface area contributed by atoms with Crippen LogP contribution in [0.3, 0.4) is 0 Å². The van der Waals surface area contributed by atoms with Crippen LogP contribution in [0.5, 0.6) is 0 Å². The Morgan fingerprint density at radius 2 is 1.07 bits per heavy atom. The molecule has 1 aromatic heterocycles. The number of hydrogen-bond donors (Lipinski definition) is 4. The number of carbonyl (C=O) groups is 4. The van der Waals surface area contributed by atoms with Gasteiger partial charge in [-0.15, -0.1) is 0 Å². The highest BCUT2D eigenvalue weighted by atomic mass is 16.4. The Morgan fingerprint density at radius 1 is 0.690 bits per heavy atom. The molecule has 0 amide bonds. The number of carboxylic acid groups (broad SMARTS) is 4. The van der Waals surface area contributed by atoms with E-state index in [0.29, 0.717) is 50.0 Å². The third-order valence-electron chi connectivity index (χ3n) is 4.78. The number of carboxylic acids is 4. The Bertz CT molecular complexity index is 635. The van der Waals surface area contributed by atoms with E-state index in [4.69, 9.17) is 24.8 Å². The van der Waals surface area contributed by atoms with Crippen LogP contribution in [0.1, 0.15) is 62.9 Å².